The second-order valence-corrected chi connectivity index (χ2v) is 8.03. The van der Waals surface area contributed by atoms with E-state index in [0.29, 0.717) is 24.0 Å². The maximum Gasteiger partial charge on any atom is 0.326 e. The first-order valence-electron chi connectivity index (χ1n) is 9.58. The Bertz CT molecular complexity index is 888. The third-order valence-corrected chi connectivity index (χ3v) is 5.83. The summed E-state index contributed by atoms with van der Waals surface area (Å²) < 4.78 is 5.74. The molecule has 0 spiro atoms. The molecular weight excluding hydrogens is 404 g/mol. The predicted molar refractivity (Wildman–Crippen MR) is 114 cm³/mol. The number of hydrogen-bond donors (Lipinski definition) is 2. The number of aliphatic carboxylic acids is 1. The molecule has 0 aliphatic carbocycles. The van der Waals surface area contributed by atoms with Crippen LogP contribution in [0.3, 0.4) is 0 Å². The first kappa shape index (κ1) is 21.7. The molecular formula is C22H24N2O5S. The van der Waals surface area contributed by atoms with Crippen LogP contribution in [0.2, 0.25) is 0 Å². The molecule has 2 N–H and O–H groups in total. The minimum absolute atomic E-state index is 0.139. The van der Waals surface area contributed by atoms with Gasteiger partial charge in [-0.15, -0.1) is 11.8 Å². The molecule has 0 aromatic heterocycles. The lowest BCUT2D eigenvalue weighted by molar-refractivity contribution is -0.143. The van der Waals surface area contributed by atoms with Crippen LogP contribution in [-0.2, 0) is 27.4 Å². The van der Waals surface area contributed by atoms with Crippen molar-refractivity contribution in [1.29, 1.82) is 0 Å². The van der Waals surface area contributed by atoms with E-state index >= 15 is 0 Å². The number of benzene rings is 2. The molecule has 2 atom stereocenters. The number of carboxylic acid groups (broad SMARTS) is 1. The highest BCUT2D eigenvalue weighted by molar-refractivity contribution is 7.99. The largest absolute Gasteiger partial charge is 0.489 e. The fraction of sp³-hybridized carbons (Fsp3) is 0.318. The minimum Gasteiger partial charge on any atom is -0.489 e. The third kappa shape index (κ3) is 5.76. The van der Waals surface area contributed by atoms with Gasteiger partial charge in [0.05, 0.1) is 5.88 Å². The first-order valence-corrected chi connectivity index (χ1v) is 10.7. The molecule has 1 heterocycles. The zero-order valence-corrected chi connectivity index (χ0v) is 17.4. The topological polar surface area (TPSA) is 95.9 Å². The van der Waals surface area contributed by atoms with Crippen molar-refractivity contribution in [2.75, 3.05) is 11.6 Å². The molecule has 30 heavy (non-hydrogen) atoms. The van der Waals surface area contributed by atoms with E-state index in [1.54, 1.807) is 24.3 Å². The molecule has 2 aromatic rings. The smallest absolute Gasteiger partial charge is 0.326 e. The summed E-state index contributed by atoms with van der Waals surface area (Å²) in [5.74, 6) is -0.171. The van der Waals surface area contributed by atoms with Crippen molar-refractivity contribution in [2.24, 2.45) is 0 Å². The van der Waals surface area contributed by atoms with Crippen LogP contribution in [-0.4, -0.2) is 51.5 Å². The predicted octanol–water partition coefficient (Wildman–Crippen LogP) is 2.30. The summed E-state index contributed by atoms with van der Waals surface area (Å²) in [5.41, 5.74) is 1.82. The molecule has 1 fully saturated rings. The molecule has 0 saturated carbocycles. The number of nitrogens with zero attached hydrogens (tertiary/aromatic N) is 1. The van der Waals surface area contributed by atoms with Gasteiger partial charge in [-0.2, -0.15) is 0 Å². The summed E-state index contributed by atoms with van der Waals surface area (Å²) in [5, 5.41) is 12.1. The molecule has 2 amide bonds. The summed E-state index contributed by atoms with van der Waals surface area (Å²) in [7, 11) is 0. The van der Waals surface area contributed by atoms with Gasteiger partial charge in [-0.05, 0) is 23.3 Å². The first-order chi connectivity index (χ1) is 14.4. The van der Waals surface area contributed by atoms with Gasteiger partial charge in [0.15, 0.2) is 0 Å². The number of ether oxygens (including phenoxy) is 1. The lowest BCUT2D eigenvalue weighted by atomic mass is 10.1. The van der Waals surface area contributed by atoms with Crippen molar-refractivity contribution >= 4 is 29.5 Å². The van der Waals surface area contributed by atoms with E-state index in [1.165, 1.54) is 23.6 Å². The van der Waals surface area contributed by atoms with Crippen molar-refractivity contribution in [3.8, 4) is 5.75 Å². The SMILES string of the molecule is CC(=O)N1CSC[C@H]1C(=O)N[C@@H](Cc1ccc(OCc2ccccc2)cc1)C(=O)O. The molecule has 3 rings (SSSR count). The Balaban J connectivity index is 1.57. The van der Waals surface area contributed by atoms with Crippen LogP contribution in [0.4, 0.5) is 0 Å². The van der Waals surface area contributed by atoms with Crippen molar-refractivity contribution in [2.45, 2.75) is 32.0 Å². The number of thioether (sulfide) groups is 1. The standard InChI is InChI=1S/C22H24N2O5S/c1-15(25)24-14-30-13-20(24)21(26)23-19(22(27)28)11-16-7-9-18(10-8-16)29-12-17-5-3-2-4-6-17/h2-10,19-20H,11-14H2,1H3,(H,23,26)(H,27,28)/t19-,20-/m0/s1. The number of hydrogen-bond acceptors (Lipinski definition) is 5. The molecule has 0 bridgehead atoms. The highest BCUT2D eigenvalue weighted by atomic mass is 32.2. The summed E-state index contributed by atoms with van der Waals surface area (Å²) in [6.07, 6.45) is 0.139. The van der Waals surface area contributed by atoms with Gasteiger partial charge >= 0.3 is 5.97 Å². The summed E-state index contributed by atoms with van der Waals surface area (Å²) in [6.45, 7) is 1.85. The molecule has 0 radical (unpaired) electrons. The average molecular weight is 429 g/mol. The van der Waals surface area contributed by atoms with Crippen LogP contribution in [0.25, 0.3) is 0 Å². The monoisotopic (exact) mass is 428 g/mol. The quantitative estimate of drug-likeness (QED) is 0.670. The second-order valence-electron chi connectivity index (χ2n) is 7.03. The fourth-order valence-electron chi connectivity index (χ4n) is 3.14. The Morgan fingerprint density at radius 3 is 2.47 bits per heavy atom. The Morgan fingerprint density at radius 2 is 1.83 bits per heavy atom. The Labute approximate surface area is 179 Å². The van der Waals surface area contributed by atoms with Crippen LogP contribution in [0.15, 0.2) is 54.6 Å². The number of carbonyl (C=O) groups excluding carboxylic acids is 2. The van der Waals surface area contributed by atoms with Gasteiger partial charge in [-0.25, -0.2) is 4.79 Å². The van der Waals surface area contributed by atoms with Crippen molar-refractivity contribution < 1.29 is 24.2 Å². The zero-order chi connectivity index (χ0) is 21.5. The maximum atomic E-state index is 12.5. The van der Waals surface area contributed by atoms with Crippen LogP contribution in [0.1, 0.15) is 18.1 Å². The second kappa shape index (κ2) is 10.2. The lowest BCUT2D eigenvalue weighted by Gasteiger charge is -2.23. The maximum absolute atomic E-state index is 12.5. The molecule has 158 valence electrons. The van der Waals surface area contributed by atoms with Crippen molar-refractivity contribution in [1.82, 2.24) is 10.2 Å². The number of rotatable bonds is 8. The van der Waals surface area contributed by atoms with Gasteiger partial charge in [0.1, 0.15) is 24.4 Å². The van der Waals surface area contributed by atoms with Crippen molar-refractivity contribution in [3.05, 3.63) is 65.7 Å². The lowest BCUT2D eigenvalue weighted by Crippen LogP contribution is -2.52. The molecule has 1 aliphatic rings. The molecule has 8 heteroatoms. The minimum atomic E-state index is -1.12. The van der Waals surface area contributed by atoms with Crippen molar-refractivity contribution in [3.63, 3.8) is 0 Å². The molecule has 1 aliphatic heterocycles. The van der Waals surface area contributed by atoms with Gasteiger partial charge in [0, 0.05) is 19.1 Å². The average Bonchev–Trinajstić information content (AvgIpc) is 3.24. The van der Waals surface area contributed by atoms with Gasteiger partial charge < -0.3 is 20.1 Å². The van der Waals surface area contributed by atoms with Crippen LogP contribution in [0, 0.1) is 0 Å². The van der Waals surface area contributed by atoms with Crippen LogP contribution in [0.5, 0.6) is 5.75 Å². The van der Waals surface area contributed by atoms with Gasteiger partial charge in [0.2, 0.25) is 11.8 Å². The normalized spacial score (nSPS) is 16.7. The summed E-state index contributed by atoms with van der Waals surface area (Å²) >= 11 is 1.47. The highest BCUT2D eigenvalue weighted by Gasteiger charge is 2.34. The van der Waals surface area contributed by atoms with E-state index in [0.717, 1.165) is 11.1 Å². The molecule has 7 nitrogen and oxygen atoms in total. The van der Waals surface area contributed by atoms with E-state index in [4.69, 9.17) is 4.74 Å². The van der Waals surface area contributed by atoms with Gasteiger partial charge in [0.25, 0.3) is 0 Å². The third-order valence-electron chi connectivity index (χ3n) is 4.82. The molecule has 1 saturated heterocycles. The number of carboxylic acids is 1. The highest BCUT2D eigenvalue weighted by Crippen LogP contribution is 2.21. The van der Waals surface area contributed by atoms with Gasteiger partial charge in [-0.3, -0.25) is 9.59 Å². The zero-order valence-electron chi connectivity index (χ0n) is 16.6. The fourth-order valence-corrected chi connectivity index (χ4v) is 4.36. The van der Waals surface area contributed by atoms with Crippen LogP contribution < -0.4 is 10.1 Å². The molecule has 2 aromatic carbocycles. The number of nitrogens with one attached hydrogen (secondary N) is 1. The number of carbonyl (C=O) groups is 3. The Hall–Kier alpha value is -3.00. The van der Waals surface area contributed by atoms with E-state index in [2.05, 4.69) is 5.32 Å². The molecule has 0 unspecified atom stereocenters. The Morgan fingerprint density at radius 1 is 1.13 bits per heavy atom. The number of amides is 2. The van der Waals surface area contributed by atoms with E-state index in [-0.39, 0.29) is 12.3 Å². The van der Waals surface area contributed by atoms with Gasteiger partial charge in [-0.1, -0.05) is 42.5 Å². The summed E-state index contributed by atoms with van der Waals surface area (Å²) in [6, 6.07) is 15.2. The van der Waals surface area contributed by atoms with E-state index in [1.807, 2.05) is 30.3 Å². The summed E-state index contributed by atoms with van der Waals surface area (Å²) in [4.78, 5) is 37.3. The van der Waals surface area contributed by atoms with E-state index < -0.39 is 24.0 Å². The Kier molecular flexibility index (Phi) is 7.35. The van der Waals surface area contributed by atoms with Crippen LogP contribution >= 0.6 is 11.8 Å². The van der Waals surface area contributed by atoms with E-state index in [9.17, 15) is 19.5 Å².